The second kappa shape index (κ2) is 11.5. The van der Waals surface area contributed by atoms with E-state index in [4.69, 9.17) is 9.47 Å². The third-order valence-electron chi connectivity index (χ3n) is 4.16. The van der Waals surface area contributed by atoms with Gasteiger partial charge in [-0.3, -0.25) is 20.4 Å². The van der Waals surface area contributed by atoms with Crippen LogP contribution in [0.5, 0.6) is 11.5 Å². The molecule has 7 heteroatoms. The van der Waals surface area contributed by atoms with E-state index in [1.165, 1.54) is 0 Å². The van der Waals surface area contributed by atoms with Gasteiger partial charge in [-0.2, -0.15) is 0 Å². The molecule has 0 fully saturated rings. The van der Waals surface area contributed by atoms with Crippen molar-refractivity contribution in [3.63, 3.8) is 0 Å². The molecule has 0 saturated carbocycles. The first-order chi connectivity index (χ1) is 13.9. The Balaban J connectivity index is 1.76. The number of carbonyl (C=O) groups is 2. The molecule has 0 aliphatic carbocycles. The highest BCUT2D eigenvalue weighted by Crippen LogP contribution is 2.26. The summed E-state index contributed by atoms with van der Waals surface area (Å²) in [6.45, 7) is 6.75. The van der Waals surface area contributed by atoms with Gasteiger partial charge in [-0.25, -0.2) is 0 Å². The maximum atomic E-state index is 12.1. The average Bonchev–Trinajstić information content (AvgIpc) is 2.71. The Kier molecular flexibility index (Phi) is 8.99. The van der Waals surface area contributed by atoms with Crippen LogP contribution in [-0.2, 0) is 11.2 Å². The van der Waals surface area contributed by atoms with Crippen LogP contribution in [0.3, 0.4) is 0 Å². The molecule has 2 amide bonds. The van der Waals surface area contributed by atoms with Crippen molar-refractivity contribution < 1.29 is 19.1 Å². The third kappa shape index (κ3) is 7.77. The Hall–Kier alpha value is -2.54. The van der Waals surface area contributed by atoms with Crippen LogP contribution in [0.15, 0.2) is 46.9 Å². The first-order valence-corrected chi connectivity index (χ1v) is 10.4. The second-order valence-corrected chi connectivity index (χ2v) is 7.82. The number of hydrazine groups is 1. The monoisotopic (exact) mass is 462 g/mol. The highest BCUT2D eigenvalue weighted by Gasteiger charge is 2.10. The lowest BCUT2D eigenvalue weighted by Gasteiger charge is -2.11. The Labute approximate surface area is 180 Å². The van der Waals surface area contributed by atoms with E-state index in [0.29, 0.717) is 29.6 Å². The molecule has 0 heterocycles. The van der Waals surface area contributed by atoms with Crippen LogP contribution in [0.25, 0.3) is 0 Å². The molecular formula is C22H27BrN2O4. The maximum Gasteiger partial charge on any atom is 0.276 e. The van der Waals surface area contributed by atoms with Crippen LogP contribution in [0.2, 0.25) is 0 Å². The van der Waals surface area contributed by atoms with Crippen molar-refractivity contribution in [1.82, 2.24) is 10.9 Å². The van der Waals surface area contributed by atoms with Crippen LogP contribution in [-0.4, -0.2) is 25.0 Å². The van der Waals surface area contributed by atoms with Gasteiger partial charge in [0.25, 0.3) is 11.8 Å². The molecule has 2 rings (SSSR count). The summed E-state index contributed by atoms with van der Waals surface area (Å²) in [7, 11) is 0. The van der Waals surface area contributed by atoms with Gasteiger partial charge in [0, 0.05) is 5.56 Å². The summed E-state index contributed by atoms with van der Waals surface area (Å²) >= 11 is 3.42. The van der Waals surface area contributed by atoms with E-state index in [-0.39, 0.29) is 6.61 Å². The lowest BCUT2D eigenvalue weighted by atomic mass is 10.1. The van der Waals surface area contributed by atoms with Crippen molar-refractivity contribution in [2.24, 2.45) is 5.92 Å². The van der Waals surface area contributed by atoms with Crippen molar-refractivity contribution in [2.45, 2.75) is 33.6 Å². The zero-order valence-electron chi connectivity index (χ0n) is 17.0. The zero-order valence-corrected chi connectivity index (χ0v) is 18.5. The van der Waals surface area contributed by atoms with E-state index >= 15 is 0 Å². The third-order valence-corrected chi connectivity index (χ3v) is 4.78. The molecule has 0 spiro atoms. The van der Waals surface area contributed by atoms with Gasteiger partial charge in [-0.15, -0.1) is 0 Å². The molecule has 0 radical (unpaired) electrons. The number of aryl methyl sites for hydroxylation is 1. The van der Waals surface area contributed by atoms with Gasteiger partial charge < -0.3 is 9.47 Å². The minimum absolute atomic E-state index is 0.215. The number of rotatable bonds is 9. The molecule has 6 nitrogen and oxygen atoms in total. The van der Waals surface area contributed by atoms with E-state index in [0.717, 1.165) is 22.9 Å². The van der Waals surface area contributed by atoms with Crippen molar-refractivity contribution in [1.29, 1.82) is 0 Å². The Morgan fingerprint density at radius 1 is 1.03 bits per heavy atom. The average molecular weight is 463 g/mol. The van der Waals surface area contributed by atoms with E-state index in [2.05, 4.69) is 47.6 Å². The van der Waals surface area contributed by atoms with Crippen LogP contribution in [0.1, 0.15) is 43.1 Å². The Morgan fingerprint density at radius 3 is 2.38 bits per heavy atom. The summed E-state index contributed by atoms with van der Waals surface area (Å²) in [6, 6.07) is 12.5. The lowest BCUT2D eigenvalue weighted by Crippen LogP contribution is -2.43. The summed E-state index contributed by atoms with van der Waals surface area (Å²) in [5, 5.41) is 0. The molecule has 2 aromatic rings. The van der Waals surface area contributed by atoms with E-state index in [9.17, 15) is 9.59 Å². The van der Waals surface area contributed by atoms with Crippen LogP contribution in [0, 0.1) is 5.92 Å². The molecule has 2 aromatic carbocycles. The van der Waals surface area contributed by atoms with Crippen molar-refractivity contribution >= 4 is 27.7 Å². The number of halogens is 1. The molecule has 0 saturated heterocycles. The van der Waals surface area contributed by atoms with Gasteiger partial charge in [0.15, 0.2) is 6.61 Å². The minimum atomic E-state index is -0.460. The zero-order chi connectivity index (χ0) is 21.2. The fourth-order valence-electron chi connectivity index (χ4n) is 2.37. The smallest absolute Gasteiger partial charge is 0.276 e. The van der Waals surface area contributed by atoms with Gasteiger partial charge in [-0.1, -0.05) is 26.8 Å². The molecule has 0 unspecified atom stereocenters. The van der Waals surface area contributed by atoms with Crippen LogP contribution < -0.4 is 20.3 Å². The van der Waals surface area contributed by atoms with Gasteiger partial charge in [0.05, 0.1) is 11.1 Å². The summed E-state index contributed by atoms with van der Waals surface area (Å²) < 4.78 is 11.9. The van der Waals surface area contributed by atoms with Crippen molar-refractivity contribution in [2.75, 3.05) is 13.2 Å². The fraction of sp³-hybridized carbons (Fsp3) is 0.364. The van der Waals surface area contributed by atoms with Crippen molar-refractivity contribution in [3.8, 4) is 11.5 Å². The number of carbonyl (C=O) groups excluding carboxylic acids is 2. The van der Waals surface area contributed by atoms with Gasteiger partial charge in [0.1, 0.15) is 11.5 Å². The first-order valence-electron chi connectivity index (χ1n) is 9.62. The highest BCUT2D eigenvalue weighted by atomic mass is 79.9. The first kappa shape index (κ1) is 22.7. The molecule has 0 bridgehead atoms. The number of benzene rings is 2. The molecule has 0 aliphatic heterocycles. The number of nitrogens with one attached hydrogen (secondary N) is 2. The number of ether oxygens (including phenoxy) is 2. The van der Waals surface area contributed by atoms with Gasteiger partial charge >= 0.3 is 0 Å². The van der Waals surface area contributed by atoms with Crippen LogP contribution in [0.4, 0.5) is 0 Å². The van der Waals surface area contributed by atoms with E-state index in [1.807, 2.05) is 12.1 Å². The number of hydrogen-bond acceptors (Lipinski definition) is 4. The standard InChI is InChI=1S/C22H27BrN2O4/c1-4-16-5-10-20(19(23)13-16)29-14-21(26)24-25-22(27)17-6-8-18(9-7-17)28-12-11-15(2)3/h5-10,13,15H,4,11-12,14H2,1-3H3,(H,24,26)(H,25,27). The number of amides is 2. The second-order valence-electron chi connectivity index (χ2n) is 6.96. The van der Waals surface area contributed by atoms with E-state index < -0.39 is 11.8 Å². The van der Waals surface area contributed by atoms with E-state index in [1.54, 1.807) is 30.3 Å². The van der Waals surface area contributed by atoms with Gasteiger partial charge in [-0.05, 0) is 76.7 Å². The van der Waals surface area contributed by atoms with Gasteiger partial charge in [0.2, 0.25) is 0 Å². The molecule has 0 atom stereocenters. The maximum absolute atomic E-state index is 12.1. The largest absolute Gasteiger partial charge is 0.494 e. The van der Waals surface area contributed by atoms with Crippen molar-refractivity contribution in [3.05, 3.63) is 58.1 Å². The quantitative estimate of drug-likeness (QED) is 0.545. The molecule has 29 heavy (non-hydrogen) atoms. The molecular weight excluding hydrogens is 436 g/mol. The Bertz CT molecular complexity index is 822. The molecule has 156 valence electrons. The Morgan fingerprint density at radius 2 is 1.76 bits per heavy atom. The summed E-state index contributed by atoms with van der Waals surface area (Å²) in [6.07, 6.45) is 1.88. The fourth-order valence-corrected chi connectivity index (χ4v) is 2.92. The molecule has 0 aromatic heterocycles. The summed E-state index contributed by atoms with van der Waals surface area (Å²) in [5.41, 5.74) is 6.30. The number of hydrogen-bond donors (Lipinski definition) is 2. The lowest BCUT2D eigenvalue weighted by molar-refractivity contribution is -0.123. The molecule has 2 N–H and O–H groups in total. The minimum Gasteiger partial charge on any atom is -0.494 e. The topological polar surface area (TPSA) is 76.7 Å². The normalized spacial score (nSPS) is 10.5. The SMILES string of the molecule is CCc1ccc(OCC(=O)NNC(=O)c2ccc(OCCC(C)C)cc2)c(Br)c1. The molecule has 0 aliphatic rings. The highest BCUT2D eigenvalue weighted by molar-refractivity contribution is 9.10. The van der Waals surface area contributed by atoms with Crippen LogP contribution >= 0.6 is 15.9 Å². The summed E-state index contributed by atoms with van der Waals surface area (Å²) in [5.74, 6) is 0.972. The summed E-state index contributed by atoms with van der Waals surface area (Å²) in [4.78, 5) is 24.1. The predicted molar refractivity (Wildman–Crippen MR) is 116 cm³/mol. The predicted octanol–water partition coefficient (Wildman–Crippen LogP) is 4.28.